The highest BCUT2D eigenvalue weighted by atomic mass is 79.9. The van der Waals surface area contributed by atoms with E-state index in [1.165, 1.54) is 5.01 Å². The highest BCUT2D eigenvalue weighted by molar-refractivity contribution is 9.10. The average Bonchev–Trinajstić information content (AvgIpc) is 2.72. The standard InChI is InChI=1S/C12H16BrN3O2S2/c1-8-6-9(13)2-3-11(8)15-12(19)16(14)10-4-5-20(17,18)7-10/h2-3,6,10H,4-5,7,14H2,1H3,(H,15,19). The quantitative estimate of drug-likeness (QED) is 0.465. The number of nitrogens with zero attached hydrogens (tertiary/aromatic N) is 1. The number of nitrogens with one attached hydrogen (secondary N) is 1. The van der Waals surface area contributed by atoms with Gasteiger partial charge in [0.2, 0.25) is 0 Å². The van der Waals surface area contributed by atoms with E-state index in [0.717, 1.165) is 15.7 Å². The average molecular weight is 378 g/mol. The molecule has 1 saturated heterocycles. The Morgan fingerprint density at radius 2 is 2.25 bits per heavy atom. The Hall–Kier alpha value is -0.700. The van der Waals surface area contributed by atoms with Crippen molar-refractivity contribution in [2.24, 2.45) is 5.84 Å². The summed E-state index contributed by atoms with van der Waals surface area (Å²) in [6.45, 7) is 1.95. The molecule has 0 bridgehead atoms. The van der Waals surface area contributed by atoms with Gasteiger partial charge in [0.1, 0.15) is 0 Å². The Morgan fingerprint density at radius 3 is 2.80 bits per heavy atom. The zero-order chi connectivity index (χ0) is 14.9. The van der Waals surface area contributed by atoms with Crippen LogP contribution in [0.1, 0.15) is 12.0 Å². The number of thiocarbonyl (C=S) groups is 1. The molecule has 110 valence electrons. The molecule has 1 heterocycles. The van der Waals surface area contributed by atoms with Crippen molar-refractivity contribution in [3.63, 3.8) is 0 Å². The summed E-state index contributed by atoms with van der Waals surface area (Å²) in [4.78, 5) is 0. The summed E-state index contributed by atoms with van der Waals surface area (Å²) in [5.74, 6) is 6.16. The van der Waals surface area contributed by atoms with Crippen LogP contribution in [0.25, 0.3) is 0 Å². The van der Waals surface area contributed by atoms with Crippen molar-refractivity contribution >= 4 is 48.8 Å². The summed E-state index contributed by atoms with van der Waals surface area (Å²) in [5.41, 5.74) is 1.88. The normalized spacial score (nSPS) is 20.6. The van der Waals surface area contributed by atoms with Crippen LogP contribution in [0.15, 0.2) is 22.7 Å². The largest absolute Gasteiger partial charge is 0.331 e. The minimum absolute atomic E-state index is 0.0602. The first-order valence-electron chi connectivity index (χ1n) is 6.10. The van der Waals surface area contributed by atoms with E-state index in [1.807, 2.05) is 25.1 Å². The molecule has 0 radical (unpaired) electrons. The van der Waals surface area contributed by atoms with Crippen LogP contribution in [-0.4, -0.2) is 36.1 Å². The number of benzene rings is 1. The molecule has 0 aliphatic carbocycles. The number of hydrazine groups is 1. The second-order valence-electron chi connectivity index (χ2n) is 4.85. The lowest BCUT2D eigenvalue weighted by molar-refractivity contribution is 0.352. The summed E-state index contributed by atoms with van der Waals surface area (Å²) in [5, 5.41) is 4.74. The fourth-order valence-corrected chi connectivity index (χ4v) is 4.55. The van der Waals surface area contributed by atoms with Crippen LogP contribution in [0, 0.1) is 6.92 Å². The molecule has 0 spiro atoms. The Bertz CT molecular complexity index is 634. The van der Waals surface area contributed by atoms with E-state index in [9.17, 15) is 8.42 Å². The first kappa shape index (κ1) is 15.7. The first-order valence-corrected chi connectivity index (χ1v) is 9.12. The third kappa shape index (κ3) is 3.69. The van der Waals surface area contributed by atoms with Crippen molar-refractivity contribution in [3.05, 3.63) is 28.2 Å². The molecule has 0 saturated carbocycles. The number of anilines is 1. The second kappa shape index (κ2) is 5.97. The maximum Gasteiger partial charge on any atom is 0.188 e. The van der Waals surface area contributed by atoms with Gasteiger partial charge in [0.25, 0.3) is 0 Å². The lowest BCUT2D eigenvalue weighted by Gasteiger charge is -2.26. The van der Waals surface area contributed by atoms with Crippen LogP contribution in [0.3, 0.4) is 0 Å². The summed E-state index contributed by atoms with van der Waals surface area (Å²) >= 11 is 8.64. The summed E-state index contributed by atoms with van der Waals surface area (Å²) < 4.78 is 23.9. The Kier molecular flexibility index (Phi) is 4.68. The van der Waals surface area contributed by atoms with E-state index in [0.29, 0.717) is 11.5 Å². The van der Waals surface area contributed by atoms with Gasteiger partial charge in [-0.3, -0.25) is 5.01 Å². The van der Waals surface area contributed by atoms with E-state index in [4.69, 9.17) is 18.1 Å². The van der Waals surface area contributed by atoms with Gasteiger partial charge >= 0.3 is 0 Å². The van der Waals surface area contributed by atoms with Gasteiger partial charge in [0.05, 0.1) is 17.5 Å². The third-order valence-corrected chi connectivity index (χ3v) is 5.82. The van der Waals surface area contributed by atoms with Crippen LogP contribution >= 0.6 is 28.1 Å². The molecule has 0 aromatic heterocycles. The fraction of sp³-hybridized carbons (Fsp3) is 0.417. The number of hydrogen-bond acceptors (Lipinski definition) is 4. The van der Waals surface area contributed by atoms with Crippen molar-refractivity contribution in [2.75, 3.05) is 16.8 Å². The minimum Gasteiger partial charge on any atom is -0.331 e. The number of hydrogen-bond donors (Lipinski definition) is 2. The molecule has 1 aliphatic rings. The molecule has 1 atom stereocenters. The summed E-state index contributed by atoms with van der Waals surface area (Å²) in [7, 11) is -2.98. The number of aryl methyl sites for hydroxylation is 1. The van der Waals surface area contributed by atoms with Gasteiger partial charge in [-0.2, -0.15) is 0 Å². The van der Waals surface area contributed by atoms with Crippen molar-refractivity contribution in [2.45, 2.75) is 19.4 Å². The lowest BCUT2D eigenvalue weighted by atomic mass is 10.2. The molecule has 1 fully saturated rings. The highest BCUT2D eigenvalue weighted by Crippen LogP contribution is 2.21. The van der Waals surface area contributed by atoms with Crippen LogP contribution in [0.2, 0.25) is 0 Å². The molecular weight excluding hydrogens is 362 g/mol. The zero-order valence-corrected chi connectivity index (χ0v) is 14.2. The molecular formula is C12H16BrN3O2S2. The van der Waals surface area contributed by atoms with Gasteiger partial charge in [0.15, 0.2) is 14.9 Å². The van der Waals surface area contributed by atoms with E-state index < -0.39 is 9.84 Å². The second-order valence-corrected chi connectivity index (χ2v) is 8.38. The third-order valence-electron chi connectivity index (χ3n) is 3.27. The van der Waals surface area contributed by atoms with Crippen molar-refractivity contribution < 1.29 is 8.42 Å². The molecule has 3 N–H and O–H groups in total. The molecule has 0 amide bonds. The van der Waals surface area contributed by atoms with E-state index in [-0.39, 0.29) is 17.5 Å². The number of halogens is 1. The predicted molar refractivity (Wildman–Crippen MR) is 88.2 cm³/mol. The van der Waals surface area contributed by atoms with Crippen LogP contribution < -0.4 is 11.2 Å². The van der Waals surface area contributed by atoms with Gasteiger partial charge in [0, 0.05) is 10.2 Å². The zero-order valence-electron chi connectivity index (χ0n) is 11.0. The van der Waals surface area contributed by atoms with Crippen molar-refractivity contribution in [1.82, 2.24) is 5.01 Å². The van der Waals surface area contributed by atoms with Gasteiger partial charge in [-0.05, 0) is 49.3 Å². The Morgan fingerprint density at radius 1 is 1.55 bits per heavy atom. The van der Waals surface area contributed by atoms with Crippen LogP contribution in [0.4, 0.5) is 5.69 Å². The van der Waals surface area contributed by atoms with E-state index in [2.05, 4.69) is 21.2 Å². The molecule has 1 unspecified atom stereocenters. The van der Waals surface area contributed by atoms with E-state index >= 15 is 0 Å². The monoisotopic (exact) mass is 377 g/mol. The molecule has 1 aliphatic heterocycles. The minimum atomic E-state index is -2.98. The molecule has 2 rings (SSSR count). The highest BCUT2D eigenvalue weighted by Gasteiger charge is 2.32. The van der Waals surface area contributed by atoms with Crippen LogP contribution in [0.5, 0.6) is 0 Å². The summed E-state index contributed by atoms with van der Waals surface area (Å²) in [6, 6.07) is 5.51. The maximum absolute atomic E-state index is 11.5. The van der Waals surface area contributed by atoms with Gasteiger partial charge in [-0.25, -0.2) is 14.3 Å². The Balaban J connectivity index is 2.05. The van der Waals surface area contributed by atoms with Crippen molar-refractivity contribution in [1.29, 1.82) is 0 Å². The number of rotatable bonds is 2. The topological polar surface area (TPSA) is 75.4 Å². The maximum atomic E-state index is 11.5. The first-order chi connectivity index (χ1) is 9.28. The molecule has 1 aromatic carbocycles. The van der Waals surface area contributed by atoms with Gasteiger partial charge < -0.3 is 5.32 Å². The van der Waals surface area contributed by atoms with E-state index in [1.54, 1.807) is 0 Å². The Labute approximate surface area is 132 Å². The van der Waals surface area contributed by atoms with Gasteiger partial charge in [-0.15, -0.1) is 0 Å². The molecule has 8 heteroatoms. The fourth-order valence-electron chi connectivity index (χ4n) is 2.11. The number of sulfone groups is 1. The molecule has 5 nitrogen and oxygen atoms in total. The van der Waals surface area contributed by atoms with Crippen molar-refractivity contribution in [3.8, 4) is 0 Å². The SMILES string of the molecule is Cc1cc(Br)ccc1NC(=S)N(N)C1CCS(=O)(=O)C1. The molecule has 1 aromatic rings. The smallest absolute Gasteiger partial charge is 0.188 e. The lowest BCUT2D eigenvalue weighted by Crippen LogP contribution is -2.48. The molecule has 20 heavy (non-hydrogen) atoms. The number of nitrogens with two attached hydrogens (primary N) is 1. The summed E-state index contributed by atoms with van der Waals surface area (Å²) in [6.07, 6.45) is 0.514. The van der Waals surface area contributed by atoms with Gasteiger partial charge in [-0.1, -0.05) is 15.9 Å². The predicted octanol–water partition coefficient (Wildman–Crippen LogP) is 1.82. The van der Waals surface area contributed by atoms with Crippen LogP contribution in [-0.2, 0) is 9.84 Å².